The van der Waals surface area contributed by atoms with Gasteiger partial charge in [0.25, 0.3) is 0 Å². The number of hydrogen-bond acceptors (Lipinski definition) is 3. The number of primary sulfonamides is 1. The molecule has 1 aliphatic rings. The Morgan fingerprint density at radius 1 is 1.15 bits per heavy atom. The lowest BCUT2D eigenvalue weighted by Gasteiger charge is -2.27. The quantitative estimate of drug-likeness (QED) is 0.896. The molecule has 0 amide bonds. The highest BCUT2D eigenvalue weighted by molar-refractivity contribution is 7.89. The number of benzene rings is 1. The summed E-state index contributed by atoms with van der Waals surface area (Å²) in [5.41, 5.74) is -0.400. The number of nitrogens with two attached hydrogens (primary N) is 1. The second-order valence-electron chi connectivity index (χ2n) is 5.41. The van der Waals surface area contributed by atoms with Crippen LogP contribution in [0.1, 0.15) is 25.7 Å². The molecular formula is C13H17Cl2NO3S. The smallest absolute Gasteiger partial charge is 0.209 e. The van der Waals surface area contributed by atoms with Crippen molar-refractivity contribution < 1.29 is 13.2 Å². The Bertz CT molecular complexity index is 563. The highest BCUT2D eigenvalue weighted by atomic mass is 35.5. The van der Waals surface area contributed by atoms with Crippen molar-refractivity contribution in [2.45, 2.75) is 25.7 Å². The molecule has 20 heavy (non-hydrogen) atoms. The molecule has 0 saturated heterocycles. The molecule has 112 valence electrons. The maximum absolute atomic E-state index is 11.4. The minimum absolute atomic E-state index is 0.0473. The van der Waals surface area contributed by atoms with Gasteiger partial charge in [0.1, 0.15) is 5.75 Å². The first-order valence-electron chi connectivity index (χ1n) is 6.37. The van der Waals surface area contributed by atoms with Gasteiger partial charge in [0.15, 0.2) is 0 Å². The lowest BCUT2D eigenvalue weighted by atomic mass is 9.90. The Balaban J connectivity index is 2.09. The molecule has 1 fully saturated rings. The Kier molecular flexibility index (Phi) is 4.84. The summed E-state index contributed by atoms with van der Waals surface area (Å²) in [4.78, 5) is 0. The van der Waals surface area contributed by atoms with E-state index in [2.05, 4.69) is 0 Å². The van der Waals surface area contributed by atoms with Crippen molar-refractivity contribution in [1.29, 1.82) is 0 Å². The number of ether oxygens (including phenoxy) is 1. The van der Waals surface area contributed by atoms with Crippen molar-refractivity contribution in [3.05, 3.63) is 28.2 Å². The molecule has 0 aliphatic heterocycles. The monoisotopic (exact) mass is 337 g/mol. The summed E-state index contributed by atoms with van der Waals surface area (Å²) < 4.78 is 28.5. The van der Waals surface area contributed by atoms with Crippen LogP contribution < -0.4 is 9.88 Å². The van der Waals surface area contributed by atoms with Gasteiger partial charge in [-0.3, -0.25) is 0 Å². The van der Waals surface area contributed by atoms with Gasteiger partial charge in [-0.1, -0.05) is 36.0 Å². The van der Waals surface area contributed by atoms with Crippen LogP contribution in [0.5, 0.6) is 5.75 Å². The molecule has 0 heterocycles. The van der Waals surface area contributed by atoms with E-state index in [1.165, 1.54) is 0 Å². The number of sulfonamides is 1. The molecule has 1 aromatic rings. The van der Waals surface area contributed by atoms with Crippen LogP contribution in [0.25, 0.3) is 0 Å². The van der Waals surface area contributed by atoms with Crippen LogP contribution in [0, 0.1) is 5.41 Å². The molecule has 4 nitrogen and oxygen atoms in total. The fourth-order valence-corrected chi connectivity index (χ4v) is 4.46. The predicted molar refractivity (Wildman–Crippen MR) is 80.8 cm³/mol. The van der Waals surface area contributed by atoms with Gasteiger partial charge in [0, 0.05) is 15.5 Å². The van der Waals surface area contributed by atoms with Gasteiger partial charge >= 0.3 is 0 Å². The van der Waals surface area contributed by atoms with E-state index < -0.39 is 15.4 Å². The van der Waals surface area contributed by atoms with Crippen LogP contribution in [0.3, 0.4) is 0 Å². The molecule has 0 bridgehead atoms. The fourth-order valence-electron chi connectivity index (χ4n) is 2.73. The molecular weight excluding hydrogens is 321 g/mol. The Labute approximate surface area is 129 Å². The Morgan fingerprint density at radius 2 is 1.70 bits per heavy atom. The summed E-state index contributed by atoms with van der Waals surface area (Å²) in [7, 11) is -3.52. The zero-order valence-corrected chi connectivity index (χ0v) is 13.3. The molecule has 0 radical (unpaired) electrons. The van der Waals surface area contributed by atoms with Crippen molar-refractivity contribution in [3.8, 4) is 5.75 Å². The third-order valence-electron chi connectivity index (χ3n) is 3.55. The van der Waals surface area contributed by atoms with Crippen molar-refractivity contribution in [2.24, 2.45) is 10.6 Å². The summed E-state index contributed by atoms with van der Waals surface area (Å²) in [6.07, 6.45) is 3.60. The standard InChI is InChI=1S/C13H17Cl2NO3S/c14-10-5-11(15)7-12(6-10)19-8-13(3-1-2-4-13)9-20(16,17)18/h5-7H,1-4,8-9H2,(H2,16,17,18). The summed E-state index contributed by atoms with van der Waals surface area (Å²) >= 11 is 11.8. The van der Waals surface area contributed by atoms with Crippen LogP contribution in [-0.4, -0.2) is 20.8 Å². The van der Waals surface area contributed by atoms with Crippen molar-refractivity contribution in [1.82, 2.24) is 0 Å². The summed E-state index contributed by atoms with van der Waals surface area (Å²) in [5, 5.41) is 6.16. The molecule has 0 spiro atoms. The lowest BCUT2D eigenvalue weighted by molar-refractivity contribution is 0.170. The van der Waals surface area contributed by atoms with Crippen molar-refractivity contribution in [3.63, 3.8) is 0 Å². The van der Waals surface area contributed by atoms with Crippen LogP contribution in [0.4, 0.5) is 0 Å². The molecule has 7 heteroatoms. The van der Waals surface area contributed by atoms with E-state index in [4.69, 9.17) is 33.1 Å². The number of hydrogen-bond donors (Lipinski definition) is 1. The first-order chi connectivity index (χ1) is 9.28. The molecule has 1 saturated carbocycles. The van der Waals surface area contributed by atoms with Crippen molar-refractivity contribution >= 4 is 33.2 Å². The van der Waals surface area contributed by atoms with E-state index in [1.54, 1.807) is 18.2 Å². The largest absolute Gasteiger partial charge is 0.493 e. The Hall–Kier alpha value is -0.490. The average molecular weight is 338 g/mol. The van der Waals surface area contributed by atoms with Crippen LogP contribution in [0.15, 0.2) is 18.2 Å². The van der Waals surface area contributed by atoms with Gasteiger partial charge in [0.05, 0.1) is 12.4 Å². The zero-order chi connectivity index (χ0) is 14.8. The number of rotatable bonds is 5. The predicted octanol–water partition coefficient (Wildman–Crippen LogP) is 3.22. The molecule has 0 unspecified atom stereocenters. The van der Waals surface area contributed by atoms with Gasteiger partial charge in [-0.2, -0.15) is 0 Å². The molecule has 2 N–H and O–H groups in total. The van der Waals surface area contributed by atoms with Crippen molar-refractivity contribution in [2.75, 3.05) is 12.4 Å². The second-order valence-corrected chi connectivity index (χ2v) is 7.90. The van der Waals surface area contributed by atoms with Crippen LogP contribution in [0.2, 0.25) is 10.0 Å². The van der Waals surface area contributed by atoms with E-state index in [0.29, 0.717) is 22.4 Å². The van der Waals surface area contributed by atoms with E-state index in [1.807, 2.05) is 0 Å². The molecule has 0 aromatic heterocycles. The second kappa shape index (κ2) is 6.10. The molecule has 1 aliphatic carbocycles. The maximum atomic E-state index is 11.4. The van der Waals surface area contributed by atoms with E-state index in [9.17, 15) is 8.42 Å². The van der Waals surface area contributed by atoms with E-state index in [0.717, 1.165) is 25.7 Å². The summed E-state index contributed by atoms with van der Waals surface area (Å²) in [6, 6.07) is 4.94. The highest BCUT2D eigenvalue weighted by Gasteiger charge is 2.38. The van der Waals surface area contributed by atoms with Crippen LogP contribution >= 0.6 is 23.2 Å². The molecule has 0 atom stereocenters. The van der Waals surface area contributed by atoms with Gasteiger partial charge in [0.2, 0.25) is 10.0 Å². The SMILES string of the molecule is NS(=O)(=O)CC1(COc2cc(Cl)cc(Cl)c2)CCCC1. The summed E-state index contributed by atoms with van der Waals surface area (Å²) in [5.74, 6) is 0.497. The maximum Gasteiger partial charge on any atom is 0.209 e. The van der Waals surface area contributed by atoms with Crippen LogP contribution in [-0.2, 0) is 10.0 Å². The fraction of sp³-hybridized carbons (Fsp3) is 0.538. The van der Waals surface area contributed by atoms with Gasteiger partial charge < -0.3 is 4.74 Å². The summed E-state index contributed by atoms with van der Waals surface area (Å²) in [6.45, 7) is 0.306. The lowest BCUT2D eigenvalue weighted by Crippen LogP contribution is -2.36. The molecule has 2 rings (SSSR count). The first kappa shape index (κ1) is 15.9. The zero-order valence-electron chi connectivity index (χ0n) is 10.9. The third-order valence-corrected chi connectivity index (χ3v) is 5.00. The van der Waals surface area contributed by atoms with E-state index in [-0.39, 0.29) is 5.75 Å². The first-order valence-corrected chi connectivity index (χ1v) is 8.85. The van der Waals surface area contributed by atoms with Gasteiger partial charge in [-0.05, 0) is 31.0 Å². The van der Waals surface area contributed by atoms with E-state index >= 15 is 0 Å². The minimum Gasteiger partial charge on any atom is -0.493 e. The topological polar surface area (TPSA) is 69.4 Å². The third kappa shape index (κ3) is 4.52. The normalized spacial score (nSPS) is 18.1. The van der Waals surface area contributed by atoms with Gasteiger partial charge in [-0.15, -0.1) is 0 Å². The molecule has 1 aromatic carbocycles. The average Bonchev–Trinajstić information content (AvgIpc) is 2.72. The number of halogens is 2. The minimum atomic E-state index is -3.52. The Morgan fingerprint density at radius 3 is 2.20 bits per heavy atom. The highest BCUT2D eigenvalue weighted by Crippen LogP contribution is 2.39. The van der Waals surface area contributed by atoms with Gasteiger partial charge in [-0.25, -0.2) is 13.6 Å².